The van der Waals surface area contributed by atoms with E-state index in [9.17, 15) is 0 Å². The van der Waals surface area contributed by atoms with E-state index in [0.29, 0.717) is 18.3 Å². The van der Waals surface area contributed by atoms with Crippen molar-refractivity contribution in [3.05, 3.63) is 11.7 Å². The average molecular weight is 198 g/mol. The van der Waals surface area contributed by atoms with Gasteiger partial charge in [-0.1, -0.05) is 5.16 Å². The molecule has 0 radical (unpaired) electrons. The Morgan fingerprint density at radius 1 is 1.50 bits per heavy atom. The first-order chi connectivity index (χ1) is 6.84. The molecule has 1 aromatic rings. The molecule has 0 N–H and O–H groups in total. The van der Waals surface area contributed by atoms with Gasteiger partial charge < -0.3 is 14.0 Å². The Morgan fingerprint density at radius 2 is 2.43 bits per heavy atom. The second-order valence-corrected chi connectivity index (χ2v) is 3.34. The number of ether oxygens (including phenoxy) is 2. The van der Waals surface area contributed by atoms with Crippen LogP contribution in [0.25, 0.3) is 0 Å². The van der Waals surface area contributed by atoms with Crippen LogP contribution in [0.5, 0.6) is 0 Å². The van der Waals surface area contributed by atoms with Crippen LogP contribution in [-0.4, -0.2) is 23.0 Å². The van der Waals surface area contributed by atoms with Crippen molar-refractivity contribution >= 4 is 0 Å². The first-order valence-corrected chi connectivity index (χ1v) is 4.87. The molecule has 1 saturated heterocycles. The van der Waals surface area contributed by atoms with E-state index >= 15 is 0 Å². The Bertz CT molecular complexity index is 281. The fraction of sp³-hybridized carbons (Fsp3) is 0.778. The maximum Gasteiger partial charge on any atom is 0.223 e. The molecule has 78 valence electrons. The van der Waals surface area contributed by atoms with Gasteiger partial charge in [-0.2, -0.15) is 4.98 Å². The van der Waals surface area contributed by atoms with Gasteiger partial charge in [0.25, 0.3) is 0 Å². The van der Waals surface area contributed by atoms with Gasteiger partial charge in [0.1, 0.15) is 6.61 Å². The summed E-state index contributed by atoms with van der Waals surface area (Å²) in [6.45, 7) is 2.91. The molecule has 1 atom stereocenters. The minimum atomic E-state index is -0.0949. The molecule has 1 aliphatic rings. The van der Waals surface area contributed by atoms with Gasteiger partial charge in [0.05, 0.1) is 0 Å². The molecular formula is C9H14N2O3. The smallest absolute Gasteiger partial charge is 0.223 e. The lowest BCUT2D eigenvalue weighted by Gasteiger charge is -2.21. The van der Waals surface area contributed by atoms with Crippen molar-refractivity contribution in [2.24, 2.45) is 0 Å². The molecule has 2 rings (SSSR count). The van der Waals surface area contributed by atoms with Crippen molar-refractivity contribution in [2.45, 2.75) is 39.1 Å². The van der Waals surface area contributed by atoms with E-state index < -0.39 is 0 Å². The number of aryl methyl sites for hydroxylation is 1. The molecule has 2 heterocycles. The normalized spacial score (nSPS) is 22.5. The summed E-state index contributed by atoms with van der Waals surface area (Å²) in [5, 5.41) is 3.73. The van der Waals surface area contributed by atoms with E-state index in [2.05, 4.69) is 10.1 Å². The molecule has 1 fully saturated rings. The zero-order valence-electron chi connectivity index (χ0n) is 8.23. The van der Waals surface area contributed by atoms with Crippen LogP contribution in [0.15, 0.2) is 4.52 Å². The largest absolute Gasteiger partial charge is 0.353 e. The summed E-state index contributed by atoms with van der Waals surface area (Å²) in [5.74, 6) is 1.14. The van der Waals surface area contributed by atoms with Gasteiger partial charge in [0.15, 0.2) is 12.1 Å². The topological polar surface area (TPSA) is 57.4 Å². The summed E-state index contributed by atoms with van der Waals surface area (Å²) < 4.78 is 15.7. The zero-order chi connectivity index (χ0) is 9.80. The molecule has 0 aromatic carbocycles. The lowest BCUT2D eigenvalue weighted by Crippen LogP contribution is -2.22. The lowest BCUT2D eigenvalue weighted by atomic mass is 10.2. The second kappa shape index (κ2) is 4.52. The molecule has 0 aliphatic carbocycles. The van der Waals surface area contributed by atoms with Crippen molar-refractivity contribution in [3.8, 4) is 0 Å². The van der Waals surface area contributed by atoms with Gasteiger partial charge in [-0.05, 0) is 19.3 Å². The molecule has 0 amide bonds. The molecule has 5 nitrogen and oxygen atoms in total. The van der Waals surface area contributed by atoms with Crippen LogP contribution in [0, 0.1) is 6.92 Å². The highest BCUT2D eigenvalue weighted by Crippen LogP contribution is 2.14. The van der Waals surface area contributed by atoms with E-state index in [1.54, 1.807) is 6.92 Å². The maximum absolute atomic E-state index is 5.48. The highest BCUT2D eigenvalue weighted by Gasteiger charge is 2.15. The third-order valence-corrected chi connectivity index (χ3v) is 2.11. The third-order valence-electron chi connectivity index (χ3n) is 2.11. The van der Waals surface area contributed by atoms with Gasteiger partial charge in [-0.3, -0.25) is 0 Å². The second-order valence-electron chi connectivity index (χ2n) is 3.34. The number of nitrogens with zero attached hydrogens (tertiary/aromatic N) is 2. The molecule has 14 heavy (non-hydrogen) atoms. The maximum atomic E-state index is 5.48. The Morgan fingerprint density at radius 3 is 3.07 bits per heavy atom. The third kappa shape index (κ3) is 2.52. The summed E-state index contributed by atoms with van der Waals surface area (Å²) >= 11 is 0. The van der Waals surface area contributed by atoms with Crippen LogP contribution in [0.2, 0.25) is 0 Å². The van der Waals surface area contributed by atoms with Gasteiger partial charge in [0, 0.05) is 13.5 Å². The van der Waals surface area contributed by atoms with E-state index in [4.69, 9.17) is 14.0 Å². The Hall–Kier alpha value is -0.940. The summed E-state index contributed by atoms with van der Waals surface area (Å²) in [5.41, 5.74) is 0. The SMILES string of the molecule is Cc1nc(COC2CCCCO2)no1. The minimum absolute atomic E-state index is 0.0949. The van der Waals surface area contributed by atoms with E-state index in [1.165, 1.54) is 0 Å². The number of aromatic nitrogens is 2. The van der Waals surface area contributed by atoms with Gasteiger partial charge >= 0.3 is 0 Å². The molecule has 0 saturated carbocycles. The van der Waals surface area contributed by atoms with Crippen LogP contribution < -0.4 is 0 Å². The highest BCUT2D eigenvalue weighted by atomic mass is 16.7. The number of hydrogen-bond donors (Lipinski definition) is 0. The van der Waals surface area contributed by atoms with Crippen molar-refractivity contribution < 1.29 is 14.0 Å². The monoisotopic (exact) mass is 198 g/mol. The number of hydrogen-bond acceptors (Lipinski definition) is 5. The van der Waals surface area contributed by atoms with Crippen molar-refractivity contribution in [1.29, 1.82) is 0 Å². The van der Waals surface area contributed by atoms with Crippen molar-refractivity contribution in [3.63, 3.8) is 0 Å². The predicted molar refractivity (Wildman–Crippen MR) is 47.4 cm³/mol. The predicted octanol–water partition coefficient (Wildman–Crippen LogP) is 1.42. The summed E-state index contributed by atoms with van der Waals surface area (Å²) in [7, 11) is 0. The summed E-state index contributed by atoms with van der Waals surface area (Å²) in [6, 6.07) is 0. The van der Waals surface area contributed by atoms with Crippen molar-refractivity contribution in [2.75, 3.05) is 6.61 Å². The number of rotatable bonds is 3. The molecule has 1 aliphatic heterocycles. The van der Waals surface area contributed by atoms with Crippen LogP contribution in [-0.2, 0) is 16.1 Å². The van der Waals surface area contributed by atoms with Crippen molar-refractivity contribution in [1.82, 2.24) is 10.1 Å². The van der Waals surface area contributed by atoms with E-state index in [0.717, 1.165) is 25.9 Å². The first kappa shape index (κ1) is 9.61. The fourth-order valence-electron chi connectivity index (χ4n) is 1.41. The van der Waals surface area contributed by atoms with Gasteiger partial charge in [-0.25, -0.2) is 0 Å². The standard InChI is InChI=1S/C9H14N2O3/c1-7-10-8(11-14-7)6-13-9-4-2-3-5-12-9/h9H,2-6H2,1H3. The Balaban J connectivity index is 1.76. The Kier molecular flexibility index (Phi) is 3.10. The minimum Gasteiger partial charge on any atom is -0.353 e. The highest BCUT2D eigenvalue weighted by molar-refractivity contribution is 4.80. The summed E-state index contributed by atoms with van der Waals surface area (Å²) in [6.07, 6.45) is 3.15. The zero-order valence-corrected chi connectivity index (χ0v) is 8.23. The van der Waals surface area contributed by atoms with Crippen LogP contribution >= 0.6 is 0 Å². The lowest BCUT2D eigenvalue weighted by molar-refractivity contribution is -0.170. The van der Waals surface area contributed by atoms with Crippen LogP contribution in [0.3, 0.4) is 0 Å². The first-order valence-electron chi connectivity index (χ1n) is 4.87. The summed E-state index contributed by atoms with van der Waals surface area (Å²) in [4.78, 5) is 4.04. The molecular weight excluding hydrogens is 184 g/mol. The fourth-order valence-corrected chi connectivity index (χ4v) is 1.41. The Labute approximate surface area is 82.4 Å². The van der Waals surface area contributed by atoms with E-state index in [1.807, 2.05) is 0 Å². The molecule has 0 spiro atoms. The molecule has 0 bridgehead atoms. The molecule has 1 aromatic heterocycles. The van der Waals surface area contributed by atoms with E-state index in [-0.39, 0.29) is 6.29 Å². The van der Waals surface area contributed by atoms with Crippen LogP contribution in [0.1, 0.15) is 31.0 Å². The van der Waals surface area contributed by atoms with Gasteiger partial charge in [0.2, 0.25) is 5.89 Å². The quantitative estimate of drug-likeness (QED) is 0.735. The average Bonchev–Trinajstić information content (AvgIpc) is 2.63. The van der Waals surface area contributed by atoms with Gasteiger partial charge in [-0.15, -0.1) is 0 Å². The molecule has 1 unspecified atom stereocenters. The molecule has 5 heteroatoms. The van der Waals surface area contributed by atoms with Crippen LogP contribution in [0.4, 0.5) is 0 Å².